The molecule has 5 rings (SSSR count). The molecule has 1 aromatic heterocycles. The first-order valence-corrected chi connectivity index (χ1v) is 12.1. The molecule has 8 heteroatoms. The highest BCUT2D eigenvalue weighted by Gasteiger charge is 2.22. The number of aryl methyl sites for hydroxylation is 2. The molecule has 34 heavy (non-hydrogen) atoms. The number of hydrogen-bond donors (Lipinski definition) is 1. The van der Waals surface area contributed by atoms with Gasteiger partial charge in [0.2, 0.25) is 6.79 Å². The largest absolute Gasteiger partial charge is 0.454 e. The third-order valence-corrected chi connectivity index (χ3v) is 6.93. The van der Waals surface area contributed by atoms with E-state index < -0.39 is 0 Å². The van der Waals surface area contributed by atoms with Crippen LogP contribution in [0.25, 0.3) is 0 Å². The van der Waals surface area contributed by atoms with E-state index in [1.807, 2.05) is 17.7 Å². The van der Waals surface area contributed by atoms with E-state index in [-0.39, 0.29) is 0 Å². The number of nitrogens with one attached hydrogen (secondary N) is 1. The molecule has 0 bridgehead atoms. The summed E-state index contributed by atoms with van der Waals surface area (Å²) in [5.74, 6) is 1.67. The summed E-state index contributed by atoms with van der Waals surface area (Å²) in [5, 5.41) is 9.01. The van der Waals surface area contributed by atoms with Gasteiger partial charge < -0.3 is 19.7 Å². The molecular weight excluding hydrogens is 446 g/mol. The number of anilines is 1. The monoisotopic (exact) mass is 477 g/mol. The summed E-state index contributed by atoms with van der Waals surface area (Å²) in [6.07, 6.45) is 0. The summed E-state index contributed by atoms with van der Waals surface area (Å²) in [5.41, 5.74) is 6.82. The molecule has 0 unspecified atom stereocenters. The first-order valence-electron chi connectivity index (χ1n) is 11.7. The van der Waals surface area contributed by atoms with E-state index >= 15 is 0 Å². The zero-order valence-corrected chi connectivity index (χ0v) is 20.8. The van der Waals surface area contributed by atoms with E-state index in [1.165, 1.54) is 16.7 Å². The molecule has 2 aliphatic rings. The van der Waals surface area contributed by atoms with Crippen LogP contribution in [-0.2, 0) is 13.1 Å². The second kappa shape index (κ2) is 9.64. The molecule has 0 aliphatic carbocycles. The Morgan fingerprint density at radius 3 is 2.38 bits per heavy atom. The third kappa shape index (κ3) is 4.88. The van der Waals surface area contributed by atoms with Crippen LogP contribution in [0.15, 0.2) is 42.5 Å². The van der Waals surface area contributed by atoms with Gasteiger partial charge in [-0.2, -0.15) is 5.10 Å². The molecule has 0 amide bonds. The standard InChI is InChI=1S/C26H31N5O2S/c1-18-4-6-21(7-5-18)16-31-20(3)25(19(2)28-31)27-26(34)30-12-10-29(11-13-30)15-22-8-9-23-24(14-22)33-17-32-23/h4-9,14H,10-13,15-17H2,1-3H3,(H,27,34). The van der Waals surface area contributed by atoms with Crippen molar-refractivity contribution in [3.05, 3.63) is 70.5 Å². The summed E-state index contributed by atoms with van der Waals surface area (Å²) < 4.78 is 13.0. The molecule has 7 nitrogen and oxygen atoms in total. The maximum atomic E-state index is 5.78. The molecule has 2 aliphatic heterocycles. The number of ether oxygens (including phenoxy) is 2. The van der Waals surface area contributed by atoms with Crippen molar-refractivity contribution < 1.29 is 9.47 Å². The average Bonchev–Trinajstić information content (AvgIpc) is 3.40. The smallest absolute Gasteiger partial charge is 0.231 e. The van der Waals surface area contributed by atoms with Gasteiger partial charge >= 0.3 is 0 Å². The van der Waals surface area contributed by atoms with Crippen LogP contribution < -0.4 is 14.8 Å². The van der Waals surface area contributed by atoms with Crippen molar-refractivity contribution in [2.24, 2.45) is 0 Å². The average molecular weight is 478 g/mol. The number of nitrogens with zero attached hydrogens (tertiary/aromatic N) is 4. The van der Waals surface area contributed by atoms with Crippen molar-refractivity contribution in [2.45, 2.75) is 33.9 Å². The van der Waals surface area contributed by atoms with E-state index in [0.29, 0.717) is 6.79 Å². The summed E-state index contributed by atoms with van der Waals surface area (Å²) >= 11 is 5.78. The van der Waals surface area contributed by atoms with Crippen LogP contribution in [0.5, 0.6) is 11.5 Å². The summed E-state index contributed by atoms with van der Waals surface area (Å²) in [7, 11) is 0. The number of fused-ring (bicyclic) bond motifs is 1. The van der Waals surface area contributed by atoms with E-state index in [4.69, 9.17) is 26.8 Å². The van der Waals surface area contributed by atoms with E-state index in [1.54, 1.807) is 0 Å². The lowest BCUT2D eigenvalue weighted by molar-refractivity contribution is 0.173. The Kier molecular flexibility index (Phi) is 6.43. The summed E-state index contributed by atoms with van der Waals surface area (Å²) in [6, 6.07) is 14.8. The Balaban J connectivity index is 1.16. The van der Waals surface area contributed by atoms with Gasteiger partial charge in [-0.25, -0.2) is 0 Å². The predicted octanol–water partition coefficient (Wildman–Crippen LogP) is 4.10. The van der Waals surface area contributed by atoms with Gasteiger partial charge in [-0.3, -0.25) is 9.58 Å². The van der Waals surface area contributed by atoms with Crippen LogP contribution in [0.2, 0.25) is 0 Å². The second-order valence-corrected chi connectivity index (χ2v) is 9.46. The minimum atomic E-state index is 0.311. The maximum Gasteiger partial charge on any atom is 0.231 e. The molecule has 3 aromatic rings. The van der Waals surface area contributed by atoms with E-state index in [0.717, 1.165) is 73.0 Å². The van der Waals surface area contributed by atoms with Gasteiger partial charge in [-0.15, -0.1) is 0 Å². The van der Waals surface area contributed by atoms with Crippen molar-refractivity contribution in [3.8, 4) is 11.5 Å². The highest BCUT2D eigenvalue weighted by atomic mass is 32.1. The molecule has 178 valence electrons. The van der Waals surface area contributed by atoms with E-state index in [9.17, 15) is 0 Å². The first kappa shape index (κ1) is 22.7. The van der Waals surface area contributed by atoms with Crippen LogP contribution in [0.3, 0.4) is 0 Å². The predicted molar refractivity (Wildman–Crippen MR) is 138 cm³/mol. The van der Waals surface area contributed by atoms with Crippen molar-refractivity contribution >= 4 is 23.0 Å². The Labute approximate surface area is 206 Å². The van der Waals surface area contributed by atoms with E-state index in [2.05, 4.69) is 65.4 Å². The van der Waals surface area contributed by atoms with Crippen molar-refractivity contribution in [2.75, 3.05) is 38.3 Å². The molecule has 1 N–H and O–H groups in total. The molecule has 0 atom stereocenters. The van der Waals surface area contributed by atoms with Gasteiger partial charge in [0.15, 0.2) is 16.6 Å². The number of benzene rings is 2. The normalized spacial score (nSPS) is 15.6. The van der Waals surface area contributed by atoms with Gasteiger partial charge in [0.05, 0.1) is 23.6 Å². The fourth-order valence-electron chi connectivity index (χ4n) is 4.49. The lowest BCUT2D eigenvalue weighted by atomic mass is 10.1. The Hall–Kier alpha value is -3.10. The first-order chi connectivity index (χ1) is 16.5. The molecule has 1 fully saturated rings. The quantitative estimate of drug-likeness (QED) is 0.555. The lowest BCUT2D eigenvalue weighted by Gasteiger charge is -2.36. The van der Waals surface area contributed by atoms with Crippen LogP contribution in [0.1, 0.15) is 28.1 Å². The molecule has 0 saturated carbocycles. The number of thiocarbonyl (C=S) groups is 1. The number of piperazine rings is 1. The zero-order chi connectivity index (χ0) is 23.7. The fraction of sp³-hybridized carbons (Fsp3) is 0.385. The minimum absolute atomic E-state index is 0.311. The number of hydrogen-bond acceptors (Lipinski definition) is 5. The fourth-order valence-corrected chi connectivity index (χ4v) is 4.78. The molecule has 0 radical (unpaired) electrons. The van der Waals surface area contributed by atoms with Gasteiger partial charge in [0.25, 0.3) is 0 Å². The van der Waals surface area contributed by atoms with Crippen LogP contribution in [0, 0.1) is 20.8 Å². The zero-order valence-electron chi connectivity index (χ0n) is 20.0. The SMILES string of the molecule is Cc1ccc(Cn2nc(C)c(NC(=S)N3CCN(Cc4ccc5c(c4)OCO5)CC3)c2C)cc1. The molecule has 3 heterocycles. The Morgan fingerprint density at radius 2 is 1.62 bits per heavy atom. The Morgan fingerprint density at radius 1 is 0.912 bits per heavy atom. The van der Waals surface area contributed by atoms with Crippen molar-refractivity contribution in [3.63, 3.8) is 0 Å². The molecular formula is C26H31N5O2S. The van der Waals surface area contributed by atoms with Gasteiger partial charge in [-0.05, 0) is 56.2 Å². The van der Waals surface area contributed by atoms with Gasteiger partial charge in [0, 0.05) is 32.7 Å². The second-order valence-electron chi connectivity index (χ2n) is 9.07. The van der Waals surface area contributed by atoms with Gasteiger partial charge in [-0.1, -0.05) is 35.9 Å². The highest BCUT2D eigenvalue weighted by Crippen LogP contribution is 2.33. The Bertz CT molecular complexity index is 1180. The molecule has 2 aromatic carbocycles. The topological polar surface area (TPSA) is 54.8 Å². The number of aromatic nitrogens is 2. The summed E-state index contributed by atoms with van der Waals surface area (Å²) in [4.78, 5) is 4.70. The molecule has 1 saturated heterocycles. The molecule has 0 spiro atoms. The highest BCUT2D eigenvalue weighted by molar-refractivity contribution is 7.80. The van der Waals surface area contributed by atoms with Crippen molar-refractivity contribution in [1.82, 2.24) is 19.6 Å². The van der Waals surface area contributed by atoms with Crippen LogP contribution in [-0.4, -0.2) is 57.7 Å². The van der Waals surface area contributed by atoms with Gasteiger partial charge in [0.1, 0.15) is 0 Å². The minimum Gasteiger partial charge on any atom is -0.454 e. The lowest BCUT2D eigenvalue weighted by Crippen LogP contribution is -2.49. The van der Waals surface area contributed by atoms with Crippen molar-refractivity contribution in [1.29, 1.82) is 0 Å². The summed E-state index contributed by atoms with van der Waals surface area (Å²) in [6.45, 7) is 11.9. The maximum absolute atomic E-state index is 5.78. The van der Waals surface area contributed by atoms with Crippen LogP contribution >= 0.6 is 12.2 Å². The van der Waals surface area contributed by atoms with Crippen LogP contribution in [0.4, 0.5) is 5.69 Å². The third-order valence-electron chi connectivity index (χ3n) is 6.57. The number of rotatable bonds is 5.